The van der Waals surface area contributed by atoms with Crippen LogP contribution in [-0.2, 0) is 0 Å². The van der Waals surface area contributed by atoms with E-state index in [0.717, 1.165) is 41.5 Å². The fraction of sp³-hybridized carbons (Fsp3) is 0.350. The Bertz CT molecular complexity index is 702. The molecule has 0 aliphatic heterocycles. The van der Waals surface area contributed by atoms with Gasteiger partial charge in [0.15, 0.2) is 0 Å². The SMILES string of the molecule is C=C(C)c1ccc2cc(C(=O)NCCN(CC)CC)ccc2c1. The number of carbonyl (C=O) groups is 1. The first-order chi connectivity index (χ1) is 11.0. The third-order valence-corrected chi connectivity index (χ3v) is 4.20. The second-order valence-corrected chi connectivity index (χ2v) is 5.84. The van der Waals surface area contributed by atoms with Gasteiger partial charge in [-0.25, -0.2) is 0 Å². The van der Waals surface area contributed by atoms with Crippen LogP contribution in [0.1, 0.15) is 36.7 Å². The van der Waals surface area contributed by atoms with E-state index < -0.39 is 0 Å². The second kappa shape index (κ2) is 7.93. The number of rotatable bonds is 7. The Hall–Kier alpha value is -2.13. The first-order valence-electron chi connectivity index (χ1n) is 8.25. The van der Waals surface area contributed by atoms with E-state index in [1.807, 2.05) is 37.3 Å². The van der Waals surface area contributed by atoms with Crippen molar-refractivity contribution in [1.29, 1.82) is 0 Å². The molecule has 0 aromatic heterocycles. The molecule has 23 heavy (non-hydrogen) atoms. The van der Waals surface area contributed by atoms with Crippen molar-refractivity contribution in [2.75, 3.05) is 26.2 Å². The van der Waals surface area contributed by atoms with E-state index in [9.17, 15) is 4.79 Å². The van der Waals surface area contributed by atoms with E-state index in [0.29, 0.717) is 12.1 Å². The van der Waals surface area contributed by atoms with Gasteiger partial charge in [-0.3, -0.25) is 4.79 Å². The van der Waals surface area contributed by atoms with Crippen LogP contribution < -0.4 is 5.32 Å². The number of hydrogen-bond acceptors (Lipinski definition) is 2. The van der Waals surface area contributed by atoms with Crippen LogP contribution in [0.25, 0.3) is 16.3 Å². The molecule has 0 saturated carbocycles. The molecule has 0 spiro atoms. The quantitative estimate of drug-likeness (QED) is 0.840. The predicted molar refractivity (Wildman–Crippen MR) is 98.8 cm³/mol. The Morgan fingerprint density at radius 2 is 1.61 bits per heavy atom. The van der Waals surface area contributed by atoms with E-state index in [1.165, 1.54) is 0 Å². The van der Waals surface area contributed by atoms with Gasteiger partial charge in [-0.1, -0.05) is 44.2 Å². The van der Waals surface area contributed by atoms with Crippen molar-refractivity contribution in [1.82, 2.24) is 10.2 Å². The van der Waals surface area contributed by atoms with Crippen LogP contribution in [0.5, 0.6) is 0 Å². The Morgan fingerprint density at radius 1 is 1.04 bits per heavy atom. The standard InChI is InChI=1S/C20H26N2O/c1-5-22(6-2)12-11-21-20(23)19-10-9-17-13-16(15(3)4)7-8-18(17)14-19/h7-10,13-14H,3,5-6,11-12H2,1-2,4H3,(H,21,23). The van der Waals surface area contributed by atoms with E-state index in [4.69, 9.17) is 0 Å². The number of fused-ring (bicyclic) bond motifs is 1. The molecule has 2 aromatic carbocycles. The van der Waals surface area contributed by atoms with Crippen molar-refractivity contribution in [3.63, 3.8) is 0 Å². The molecule has 3 heteroatoms. The predicted octanol–water partition coefficient (Wildman–Crippen LogP) is 3.94. The van der Waals surface area contributed by atoms with Crippen LogP contribution in [0.3, 0.4) is 0 Å². The van der Waals surface area contributed by atoms with Crippen LogP contribution in [0.4, 0.5) is 0 Å². The molecule has 0 heterocycles. The molecule has 2 rings (SSSR count). The van der Waals surface area contributed by atoms with Gasteiger partial charge in [-0.2, -0.15) is 0 Å². The largest absolute Gasteiger partial charge is 0.351 e. The number of nitrogens with one attached hydrogen (secondary N) is 1. The van der Waals surface area contributed by atoms with Crippen LogP contribution in [0, 0.1) is 0 Å². The minimum atomic E-state index is -0.0111. The molecule has 2 aromatic rings. The summed E-state index contributed by atoms with van der Waals surface area (Å²) < 4.78 is 0. The van der Waals surface area contributed by atoms with Gasteiger partial charge in [0.1, 0.15) is 0 Å². The third kappa shape index (κ3) is 4.42. The summed E-state index contributed by atoms with van der Waals surface area (Å²) in [5, 5.41) is 5.20. The zero-order valence-corrected chi connectivity index (χ0v) is 14.4. The Morgan fingerprint density at radius 3 is 2.17 bits per heavy atom. The van der Waals surface area contributed by atoms with Gasteiger partial charge in [0.05, 0.1) is 0 Å². The molecule has 0 unspecified atom stereocenters. The van der Waals surface area contributed by atoms with Gasteiger partial charge in [0, 0.05) is 18.7 Å². The van der Waals surface area contributed by atoms with Gasteiger partial charge in [0.25, 0.3) is 5.91 Å². The van der Waals surface area contributed by atoms with Crippen LogP contribution in [0.15, 0.2) is 43.0 Å². The average Bonchev–Trinajstić information content (AvgIpc) is 2.57. The van der Waals surface area contributed by atoms with Crippen molar-refractivity contribution in [3.8, 4) is 0 Å². The van der Waals surface area contributed by atoms with Crippen LogP contribution >= 0.6 is 0 Å². The normalized spacial score (nSPS) is 11.0. The van der Waals surface area contributed by atoms with Gasteiger partial charge in [-0.15, -0.1) is 0 Å². The number of carbonyl (C=O) groups excluding carboxylic acids is 1. The third-order valence-electron chi connectivity index (χ3n) is 4.20. The summed E-state index contributed by atoms with van der Waals surface area (Å²) in [6.07, 6.45) is 0. The van der Waals surface area contributed by atoms with Crippen molar-refractivity contribution in [3.05, 3.63) is 54.1 Å². The summed E-state index contributed by atoms with van der Waals surface area (Å²) in [4.78, 5) is 14.6. The Kier molecular flexibility index (Phi) is 5.94. The number of benzene rings is 2. The monoisotopic (exact) mass is 310 g/mol. The molecule has 3 nitrogen and oxygen atoms in total. The summed E-state index contributed by atoms with van der Waals surface area (Å²) in [6.45, 7) is 13.8. The van der Waals surface area contributed by atoms with E-state index in [-0.39, 0.29) is 5.91 Å². The van der Waals surface area contributed by atoms with Crippen molar-refractivity contribution in [2.45, 2.75) is 20.8 Å². The lowest BCUT2D eigenvalue weighted by Crippen LogP contribution is -2.34. The second-order valence-electron chi connectivity index (χ2n) is 5.84. The topological polar surface area (TPSA) is 32.3 Å². The van der Waals surface area contributed by atoms with E-state index in [1.54, 1.807) is 0 Å². The summed E-state index contributed by atoms with van der Waals surface area (Å²) in [6, 6.07) is 12.0. The van der Waals surface area contributed by atoms with Crippen molar-refractivity contribution < 1.29 is 4.79 Å². The van der Waals surface area contributed by atoms with Crippen LogP contribution in [-0.4, -0.2) is 37.0 Å². The lowest BCUT2D eigenvalue weighted by molar-refractivity contribution is 0.0949. The lowest BCUT2D eigenvalue weighted by atomic mass is 10.0. The summed E-state index contributed by atoms with van der Waals surface area (Å²) in [5.41, 5.74) is 2.89. The maximum Gasteiger partial charge on any atom is 0.251 e. The molecule has 0 atom stereocenters. The number of amides is 1. The maximum atomic E-state index is 12.3. The highest BCUT2D eigenvalue weighted by molar-refractivity contribution is 5.99. The average molecular weight is 310 g/mol. The van der Waals surface area contributed by atoms with E-state index >= 15 is 0 Å². The number of nitrogens with zero attached hydrogens (tertiary/aromatic N) is 1. The molecular weight excluding hydrogens is 284 g/mol. The molecule has 122 valence electrons. The highest BCUT2D eigenvalue weighted by atomic mass is 16.1. The Labute approximate surface area is 139 Å². The Balaban J connectivity index is 2.06. The van der Waals surface area contributed by atoms with Gasteiger partial charge in [-0.05, 0) is 54.5 Å². The lowest BCUT2D eigenvalue weighted by Gasteiger charge is -2.18. The van der Waals surface area contributed by atoms with Crippen molar-refractivity contribution >= 4 is 22.3 Å². The van der Waals surface area contributed by atoms with Gasteiger partial charge in [0.2, 0.25) is 0 Å². The molecule has 0 aliphatic rings. The molecule has 0 radical (unpaired) electrons. The molecular formula is C20H26N2O. The molecule has 0 fully saturated rings. The maximum absolute atomic E-state index is 12.3. The fourth-order valence-electron chi connectivity index (χ4n) is 2.62. The molecule has 0 bridgehead atoms. The van der Waals surface area contributed by atoms with Gasteiger partial charge < -0.3 is 10.2 Å². The highest BCUT2D eigenvalue weighted by Gasteiger charge is 2.07. The minimum absolute atomic E-state index is 0.0111. The first kappa shape index (κ1) is 17.2. The molecule has 1 amide bonds. The minimum Gasteiger partial charge on any atom is -0.351 e. The van der Waals surface area contributed by atoms with Crippen molar-refractivity contribution in [2.24, 2.45) is 0 Å². The number of hydrogen-bond donors (Lipinski definition) is 1. The molecule has 0 aliphatic carbocycles. The highest BCUT2D eigenvalue weighted by Crippen LogP contribution is 2.21. The summed E-state index contributed by atoms with van der Waals surface area (Å²) >= 11 is 0. The smallest absolute Gasteiger partial charge is 0.251 e. The zero-order valence-electron chi connectivity index (χ0n) is 14.4. The first-order valence-corrected chi connectivity index (χ1v) is 8.25. The van der Waals surface area contributed by atoms with Gasteiger partial charge >= 0.3 is 0 Å². The zero-order chi connectivity index (χ0) is 16.8. The summed E-state index contributed by atoms with van der Waals surface area (Å²) in [5.74, 6) is -0.0111. The van der Waals surface area contributed by atoms with Crippen LogP contribution in [0.2, 0.25) is 0 Å². The number of likely N-dealkylation sites (N-methyl/N-ethyl adjacent to an activating group) is 1. The molecule has 0 saturated heterocycles. The number of allylic oxidation sites excluding steroid dienone is 1. The van der Waals surface area contributed by atoms with E-state index in [2.05, 4.69) is 36.7 Å². The fourth-order valence-corrected chi connectivity index (χ4v) is 2.62. The molecule has 1 N–H and O–H groups in total. The summed E-state index contributed by atoms with van der Waals surface area (Å²) in [7, 11) is 0.